The van der Waals surface area contributed by atoms with Gasteiger partial charge in [-0.25, -0.2) is 8.42 Å². The second-order valence-electron chi connectivity index (χ2n) is 4.75. The van der Waals surface area contributed by atoms with Crippen LogP contribution in [0.2, 0.25) is 0 Å². The van der Waals surface area contributed by atoms with Crippen molar-refractivity contribution in [2.24, 2.45) is 0 Å². The molecule has 0 aromatic heterocycles. The number of piperazine rings is 1. The second kappa shape index (κ2) is 6.85. The molecule has 0 aromatic rings. The van der Waals surface area contributed by atoms with Gasteiger partial charge < -0.3 is 10.0 Å². The molecule has 1 heterocycles. The highest BCUT2D eigenvalue weighted by Gasteiger charge is 2.21. The van der Waals surface area contributed by atoms with Crippen LogP contribution >= 0.6 is 0 Å². The molecular weight excluding hydrogens is 272 g/mol. The largest absolute Gasteiger partial charge is 0.481 e. The lowest BCUT2D eigenvalue weighted by atomic mass is 10.2. The van der Waals surface area contributed by atoms with Crippen molar-refractivity contribution >= 4 is 21.7 Å². The Bertz CT molecular complexity index is 426. The van der Waals surface area contributed by atoms with Crippen molar-refractivity contribution in [3.8, 4) is 0 Å². The highest BCUT2D eigenvalue weighted by atomic mass is 32.2. The molecule has 1 amide bonds. The molecule has 0 atom stereocenters. The molecule has 0 saturated carbocycles. The SMILES string of the molecule is CS(=O)(=O)CCC(=O)N1CCN(CCC(=O)O)CC1. The topological polar surface area (TPSA) is 95.0 Å². The van der Waals surface area contributed by atoms with Crippen LogP contribution in [-0.2, 0) is 19.4 Å². The number of carboxylic acids is 1. The van der Waals surface area contributed by atoms with Gasteiger partial charge in [0, 0.05) is 45.4 Å². The Morgan fingerprint density at radius 3 is 2.16 bits per heavy atom. The first-order chi connectivity index (χ1) is 8.78. The number of hydrogen-bond donors (Lipinski definition) is 1. The number of carbonyl (C=O) groups excluding carboxylic acids is 1. The summed E-state index contributed by atoms with van der Waals surface area (Å²) in [5, 5.41) is 8.58. The summed E-state index contributed by atoms with van der Waals surface area (Å²) in [6.45, 7) is 2.82. The molecule has 1 fully saturated rings. The van der Waals surface area contributed by atoms with E-state index in [1.54, 1.807) is 4.90 Å². The number of nitrogens with zero attached hydrogens (tertiary/aromatic N) is 2. The van der Waals surface area contributed by atoms with E-state index in [0.717, 1.165) is 6.26 Å². The molecule has 8 heteroatoms. The van der Waals surface area contributed by atoms with Crippen LogP contribution in [0.3, 0.4) is 0 Å². The highest BCUT2D eigenvalue weighted by molar-refractivity contribution is 7.90. The van der Waals surface area contributed by atoms with Crippen molar-refractivity contribution in [1.29, 1.82) is 0 Å². The zero-order valence-electron chi connectivity index (χ0n) is 11.0. The number of sulfone groups is 1. The van der Waals surface area contributed by atoms with Gasteiger partial charge >= 0.3 is 5.97 Å². The van der Waals surface area contributed by atoms with Gasteiger partial charge in [-0.2, -0.15) is 0 Å². The van der Waals surface area contributed by atoms with Crippen molar-refractivity contribution in [2.75, 3.05) is 44.7 Å². The van der Waals surface area contributed by atoms with Crippen LogP contribution < -0.4 is 0 Å². The van der Waals surface area contributed by atoms with E-state index in [1.807, 2.05) is 4.90 Å². The van der Waals surface area contributed by atoms with E-state index in [-0.39, 0.29) is 24.5 Å². The van der Waals surface area contributed by atoms with E-state index in [4.69, 9.17) is 5.11 Å². The predicted molar refractivity (Wildman–Crippen MR) is 69.6 cm³/mol. The van der Waals surface area contributed by atoms with Crippen LogP contribution in [0, 0.1) is 0 Å². The third kappa shape index (κ3) is 6.53. The summed E-state index contributed by atoms with van der Waals surface area (Å²) in [5.41, 5.74) is 0. The molecule has 0 aliphatic carbocycles. The quantitative estimate of drug-likeness (QED) is 0.677. The minimum atomic E-state index is -3.11. The maximum Gasteiger partial charge on any atom is 0.304 e. The van der Waals surface area contributed by atoms with E-state index in [9.17, 15) is 18.0 Å². The average molecular weight is 292 g/mol. The summed E-state index contributed by atoms with van der Waals surface area (Å²) in [4.78, 5) is 25.8. The van der Waals surface area contributed by atoms with Gasteiger partial charge in [-0.1, -0.05) is 0 Å². The Morgan fingerprint density at radius 1 is 1.11 bits per heavy atom. The first kappa shape index (κ1) is 15.9. The van der Waals surface area contributed by atoms with Gasteiger partial charge in [0.05, 0.1) is 12.2 Å². The number of carboxylic acid groups (broad SMARTS) is 1. The lowest BCUT2D eigenvalue weighted by molar-refractivity contribution is -0.138. The summed E-state index contributed by atoms with van der Waals surface area (Å²) >= 11 is 0. The zero-order valence-corrected chi connectivity index (χ0v) is 11.9. The Hall–Kier alpha value is -1.15. The van der Waals surface area contributed by atoms with Crippen molar-refractivity contribution in [1.82, 2.24) is 9.80 Å². The highest BCUT2D eigenvalue weighted by Crippen LogP contribution is 2.05. The number of amides is 1. The Labute approximate surface area is 113 Å². The van der Waals surface area contributed by atoms with E-state index in [1.165, 1.54) is 0 Å². The third-order valence-corrected chi connectivity index (χ3v) is 4.00. The fraction of sp³-hybridized carbons (Fsp3) is 0.818. The van der Waals surface area contributed by atoms with E-state index in [0.29, 0.717) is 32.7 Å². The minimum absolute atomic E-state index is 0.0218. The molecule has 7 nitrogen and oxygen atoms in total. The normalized spacial score (nSPS) is 17.4. The molecule has 0 unspecified atom stereocenters. The van der Waals surface area contributed by atoms with Crippen LogP contribution in [0.25, 0.3) is 0 Å². The fourth-order valence-corrected chi connectivity index (χ4v) is 2.45. The van der Waals surface area contributed by atoms with Gasteiger partial charge in [0.2, 0.25) is 5.91 Å². The molecular formula is C11H20N2O5S. The summed E-state index contributed by atoms with van der Waals surface area (Å²) in [7, 11) is -3.11. The van der Waals surface area contributed by atoms with Gasteiger partial charge in [-0.05, 0) is 0 Å². The summed E-state index contributed by atoms with van der Waals surface area (Å²) in [6, 6.07) is 0. The van der Waals surface area contributed by atoms with Crippen molar-refractivity contribution < 1.29 is 23.1 Å². The zero-order chi connectivity index (χ0) is 14.5. The summed E-state index contributed by atoms with van der Waals surface area (Å²) < 4.78 is 22.0. The van der Waals surface area contributed by atoms with E-state index < -0.39 is 15.8 Å². The third-order valence-electron chi connectivity index (χ3n) is 3.05. The van der Waals surface area contributed by atoms with Crippen LogP contribution in [0.5, 0.6) is 0 Å². The maximum atomic E-state index is 11.8. The van der Waals surface area contributed by atoms with Gasteiger partial charge in [-0.15, -0.1) is 0 Å². The summed E-state index contributed by atoms with van der Waals surface area (Å²) in [5.74, 6) is -1.10. The predicted octanol–water partition coefficient (Wildman–Crippen LogP) is -0.960. The average Bonchev–Trinajstić information content (AvgIpc) is 2.33. The van der Waals surface area contributed by atoms with E-state index in [2.05, 4.69) is 0 Å². The monoisotopic (exact) mass is 292 g/mol. The summed E-state index contributed by atoms with van der Waals surface area (Å²) in [6.07, 6.45) is 1.24. The number of carbonyl (C=O) groups is 2. The van der Waals surface area contributed by atoms with Crippen molar-refractivity contribution in [3.63, 3.8) is 0 Å². The molecule has 110 valence electrons. The molecule has 0 bridgehead atoms. The second-order valence-corrected chi connectivity index (χ2v) is 7.01. The lowest BCUT2D eigenvalue weighted by Crippen LogP contribution is -2.49. The first-order valence-electron chi connectivity index (χ1n) is 6.17. The van der Waals surface area contributed by atoms with Gasteiger partial charge in [0.1, 0.15) is 9.84 Å². The molecule has 0 aromatic carbocycles. The molecule has 1 rings (SSSR count). The molecule has 1 aliphatic rings. The Balaban J connectivity index is 2.29. The van der Waals surface area contributed by atoms with Crippen molar-refractivity contribution in [3.05, 3.63) is 0 Å². The van der Waals surface area contributed by atoms with Crippen LogP contribution in [0.1, 0.15) is 12.8 Å². The first-order valence-corrected chi connectivity index (χ1v) is 8.23. The molecule has 0 spiro atoms. The molecule has 19 heavy (non-hydrogen) atoms. The van der Waals surface area contributed by atoms with Crippen LogP contribution in [0.15, 0.2) is 0 Å². The molecule has 1 N–H and O–H groups in total. The van der Waals surface area contributed by atoms with E-state index >= 15 is 0 Å². The molecule has 1 saturated heterocycles. The molecule has 1 aliphatic heterocycles. The van der Waals surface area contributed by atoms with Crippen LogP contribution in [-0.4, -0.2) is 79.9 Å². The number of hydrogen-bond acceptors (Lipinski definition) is 5. The Kier molecular flexibility index (Phi) is 5.74. The number of rotatable bonds is 6. The van der Waals surface area contributed by atoms with Gasteiger partial charge in [0.25, 0.3) is 0 Å². The fourth-order valence-electron chi connectivity index (χ4n) is 1.91. The Morgan fingerprint density at radius 2 is 1.68 bits per heavy atom. The smallest absolute Gasteiger partial charge is 0.304 e. The van der Waals surface area contributed by atoms with Crippen molar-refractivity contribution in [2.45, 2.75) is 12.8 Å². The lowest BCUT2D eigenvalue weighted by Gasteiger charge is -2.34. The number of aliphatic carboxylic acids is 1. The minimum Gasteiger partial charge on any atom is -0.481 e. The maximum absolute atomic E-state index is 11.8. The van der Waals surface area contributed by atoms with Gasteiger partial charge in [-0.3, -0.25) is 14.5 Å². The van der Waals surface area contributed by atoms with Crippen LogP contribution in [0.4, 0.5) is 0 Å². The standard InChI is InChI=1S/C11H20N2O5S/c1-19(17,18)9-3-10(14)13-7-5-12(6-8-13)4-2-11(15)16/h2-9H2,1H3,(H,15,16). The van der Waals surface area contributed by atoms with Gasteiger partial charge in [0.15, 0.2) is 0 Å². The molecule has 0 radical (unpaired) electrons.